The standard InChI is InChI=1S/C17H24F4O3Si/c1-12-6-7-14(18)10-13(12)8-9-16(17(19,20)21,11-15(22)23-2)24-25(3,4)5/h6-7,10H,8-9,11H2,1-5H3/t16-/m0/s1. The Morgan fingerprint density at radius 1 is 1.20 bits per heavy atom. The molecule has 0 unspecified atom stereocenters. The number of methoxy groups -OCH3 is 1. The van der Waals surface area contributed by atoms with Crippen molar-refractivity contribution < 1.29 is 31.5 Å². The van der Waals surface area contributed by atoms with Crippen LogP contribution in [-0.2, 0) is 20.4 Å². The molecular formula is C17H24F4O3Si. The van der Waals surface area contributed by atoms with E-state index in [1.807, 2.05) is 0 Å². The number of aryl methyl sites for hydroxylation is 2. The SMILES string of the molecule is COC(=O)C[C@](CCc1cc(F)ccc1C)(O[Si](C)(C)C)C(F)(F)F. The summed E-state index contributed by atoms with van der Waals surface area (Å²) >= 11 is 0. The predicted molar refractivity (Wildman–Crippen MR) is 89.3 cm³/mol. The third-order valence-corrected chi connectivity index (χ3v) is 4.79. The lowest BCUT2D eigenvalue weighted by Crippen LogP contribution is -2.54. The zero-order chi connectivity index (χ0) is 19.5. The van der Waals surface area contributed by atoms with Gasteiger partial charge in [0.15, 0.2) is 13.9 Å². The van der Waals surface area contributed by atoms with Crippen LogP contribution in [0.1, 0.15) is 24.0 Å². The molecule has 0 bridgehead atoms. The van der Waals surface area contributed by atoms with Crippen LogP contribution in [-0.4, -0.2) is 33.2 Å². The molecule has 1 aromatic carbocycles. The van der Waals surface area contributed by atoms with E-state index >= 15 is 0 Å². The molecule has 25 heavy (non-hydrogen) atoms. The zero-order valence-corrected chi connectivity index (χ0v) is 16.1. The van der Waals surface area contributed by atoms with Gasteiger partial charge in [-0.3, -0.25) is 4.79 Å². The number of halogens is 4. The number of carbonyl (C=O) groups is 1. The van der Waals surface area contributed by atoms with E-state index in [1.54, 1.807) is 26.6 Å². The highest BCUT2D eigenvalue weighted by atomic mass is 28.4. The van der Waals surface area contributed by atoms with Gasteiger partial charge in [-0.15, -0.1) is 0 Å². The molecule has 1 aromatic rings. The van der Waals surface area contributed by atoms with Crippen molar-refractivity contribution in [2.24, 2.45) is 0 Å². The van der Waals surface area contributed by atoms with Gasteiger partial charge < -0.3 is 9.16 Å². The van der Waals surface area contributed by atoms with Gasteiger partial charge in [-0.1, -0.05) is 6.07 Å². The van der Waals surface area contributed by atoms with E-state index in [1.165, 1.54) is 18.2 Å². The second-order valence-electron chi connectivity index (χ2n) is 7.03. The van der Waals surface area contributed by atoms with Crippen molar-refractivity contribution in [2.45, 2.75) is 57.6 Å². The molecule has 0 spiro atoms. The maximum absolute atomic E-state index is 13.9. The number of benzene rings is 1. The summed E-state index contributed by atoms with van der Waals surface area (Å²) in [4.78, 5) is 11.6. The summed E-state index contributed by atoms with van der Waals surface area (Å²) in [6.07, 6.45) is -6.24. The molecule has 3 nitrogen and oxygen atoms in total. The van der Waals surface area contributed by atoms with E-state index in [-0.39, 0.29) is 6.42 Å². The largest absolute Gasteiger partial charge is 0.469 e. The average Bonchev–Trinajstić information content (AvgIpc) is 2.45. The van der Waals surface area contributed by atoms with E-state index in [9.17, 15) is 22.4 Å². The van der Waals surface area contributed by atoms with Crippen molar-refractivity contribution in [1.29, 1.82) is 0 Å². The Morgan fingerprint density at radius 2 is 1.80 bits per heavy atom. The molecule has 1 rings (SSSR count). The number of hydrogen-bond acceptors (Lipinski definition) is 3. The number of rotatable bonds is 7. The summed E-state index contributed by atoms with van der Waals surface area (Å²) in [5.74, 6) is -1.51. The monoisotopic (exact) mass is 380 g/mol. The van der Waals surface area contributed by atoms with Gasteiger partial charge >= 0.3 is 12.1 Å². The van der Waals surface area contributed by atoms with Crippen molar-refractivity contribution in [3.8, 4) is 0 Å². The van der Waals surface area contributed by atoms with Crippen LogP contribution in [0.2, 0.25) is 19.6 Å². The maximum atomic E-state index is 13.9. The molecule has 0 aromatic heterocycles. The summed E-state index contributed by atoms with van der Waals surface area (Å²) in [6.45, 7) is 6.57. The molecule has 0 fully saturated rings. The zero-order valence-electron chi connectivity index (χ0n) is 15.1. The fourth-order valence-corrected chi connectivity index (χ4v) is 4.07. The lowest BCUT2D eigenvalue weighted by atomic mass is 9.90. The summed E-state index contributed by atoms with van der Waals surface area (Å²) in [5.41, 5.74) is -1.51. The molecule has 0 saturated carbocycles. The van der Waals surface area contributed by atoms with E-state index in [0.29, 0.717) is 11.1 Å². The average molecular weight is 380 g/mol. The molecule has 0 heterocycles. The lowest BCUT2D eigenvalue weighted by Gasteiger charge is -2.40. The van der Waals surface area contributed by atoms with Crippen LogP contribution < -0.4 is 0 Å². The molecule has 1 atom stereocenters. The molecule has 8 heteroatoms. The molecule has 0 aliphatic carbocycles. The van der Waals surface area contributed by atoms with Crippen LogP contribution >= 0.6 is 0 Å². The summed E-state index contributed by atoms with van der Waals surface area (Å²) in [5, 5.41) is 0. The van der Waals surface area contributed by atoms with Crippen LogP contribution in [0.3, 0.4) is 0 Å². The van der Waals surface area contributed by atoms with Gasteiger partial charge in [0, 0.05) is 0 Å². The van der Waals surface area contributed by atoms with E-state index in [4.69, 9.17) is 4.43 Å². The maximum Gasteiger partial charge on any atom is 0.416 e. The van der Waals surface area contributed by atoms with Crippen molar-refractivity contribution in [3.63, 3.8) is 0 Å². The molecule has 0 aliphatic heterocycles. The highest BCUT2D eigenvalue weighted by Crippen LogP contribution is 2.42. The first-order valence-corrected chi connectivity index (χ1v) is 11.3. The van der Waals surface area contributed by atoms with Crippen LogP contribution in [0.4, 0.5) is 17.6 Å². The highest BCUT2D eigenvalue weighted by Gasteiger charge is 2.58. The number of carbonyl (C=O) groups excluding carboxylic acids is 1. The van der Waals surface area contributed by atoms with Crippen LogP contribution in [0.25, 0.3) is 0 Å². The minimum absolute atomic E-state index is 0.0649. The molecule has 0 N–H and O–H groups in total. The van der Waals surface area contributed by atoms with Gasteiger partial charge in [-0.2, -0.15) is 13.2 Å². The van der Waals surface area contributed by atoms with E-state index < -0.39 is 44.7 Å². The molecular weight excluding hydrogens is 356 g/mol. The highest BCUT2D eigenvalue weighted by molar-refractivity contribution is 6.69. The van der Waals surface area contributed by atoms with Gasteiger partial charge in [-0.25, -0.2) is 4.39 Å². The first kappa shape index (κ1) is 21.6. The number of ether oxygens (including phenoxy) is 1. The van der Waals surface area contributed by atoms with Crippen molar-refractivity contribution >= 4 is 14.3 Å². The smallest absolute Gasteiger partial charge is 0.416 e. The predicted octanol–water partition coefficient (Wildman–Crippen LogP) is 4.78. The molecule has 0 radical (unpaired) electrons. The van der Waals surface area contributed by atoms with E-state index in [2.05, 4.69) is 4.74 Å². The normalized spacial score (nSPS) is 14.9. The van der Waals surface area contributed by atoms with Crippen LogP contribution in [0.15, 0.2) is 18.2 Å². The molecule has 142 valence electrons. The first-order chi connectivity index (χ1) is 11.3. The summed E-state index contributed by atoms with van der Waals surface area (Å²) in [6, 6.07) is 3.98. The van der Waals surface area contributed by atoms with Crippen molar-refractivity contribution in [1.82, 2.24) is 0 Å². The molecule has 0 aliphatic rings. The van der Waals surface area contributed by atoms with Crippen LogP contribution in [0.5, 0.6) is 0 Å². The Balaban J connectivity index is 3.23. The molecule has 0 amide bonds. The fraction of sp³-hybridized carbons (Fsp3) is 0.588. The Hall–Kier alpha value is -1.41. The Bertz CT molecular complexity index is 611. The Morgan fingerprint density at radius 3 is 2.28 bits per heavy atom. The van der Waals surface area contributed by atoms with Crippen LogP contribution in [0, 0.1) is 12.7 Å². The quantitative estimate of drug-likeness (QED) is 0.388. The summed E-state index contributed by atoms with van der Waals surface area (Å²) < 4.78 is 65.0. The van der Waals surface area contributed by atoms with Gasteiger partial charge in [0.1, 0.15) is 5.82 Å². The lowest BCUT2D eigenvalue weighted by molar-refractivity contribution is -0.257. The fourth-order valence-electron chi connectivity index (χ4n) is 2.61. The second kappa shape index (κ2) is 7.86. The van der Waals surface area contributed by atoms with Crippen molar-refractivity contribution in [2.75, 3.05) is 7.11 Å². The Labute approximate surface area is 146 Å². The number of hydrogen-bond donors (Lipinski definition) is 0. The van der Waals surface area contributed by atoms with E-state index in [0.717, 1.165) is 7.11 Å². The number of esters is 1. The van der Waals surface area contributed by atoms with Gasteiger partial charge in [0.25, 0.3) is 0 Å². The van der Waals surface area contributed by atoms with Gasteiger partial charge in [-0.05, 0) is 62.7 Å². The third kappa shape index (κ3) is 6.11. The Kier molecular flexibility index (Phi) is 6.80. The number of alkyl halides is 3. The van der Waals surface area contributed by atoms with Crippen molar-refractivity contribution in [3.05, 3.63) is 35.1 Å². The van der Waals surface area contributed by atoms with Gasteiger partial charge in [0.05, 0.1) is 13.5 Å². The minimum atomic E-state index is -4.76. The first-order valence-electron chi connectivity index (χ1n) is 7.88. The minimum Gasteiger partial charge on any atom is -0.469 e. The third-order valence-electron chi connectivity index (χ3n) is 3.79. The molecule has 0 saturated heterocycles. The summed E-state index contributed by atoms with van der Waals surface area (Å²) in [7, 11) is -1.61. The topological polar surface area (TPSA) is 35.5 Å². The van der Waals surface area contributed by atoms with Gasteiger partial charge in [0.2, 0.25) is 0 Å². The second-order valence-corrected chi connectivity index (χ2v) is 11.5.